The molecular weight excluding hydrogens is 225 g/mol. The lowest BCUT2D eigenvalue weighted by atomic mass is 9.86. The van der Waals surface area contributed by atoms with Crippen molar-refractivity contribution in [2.75, 3.05) is 0 Å². The smallest absolute Gasteiger partial charge is 0.475 e. The Morgan fingerprint density at radius 1 is 1.38 bits per heavy atom. The van der Waals surface area contributed by atoms with Gasteiger partial charge in [-0.2, -0.15) is 13.2 Å². The molecule has 2 atom stereocenters. The first-order chi connectivity index (χ1) is 7.29. The zero-order valence-corrected chi connectivity index (χ0v) is 9.05. The molecule has 96 valence electrons. The van der Waals surface area contributed by atoms with E-state index in [1.807, 2.05) is 0 Å². The van der Waals surface area contributed by atoms with Crippen LogP contribution in [-0.2, 0) is 4.79 Å². The number of rotatable bonds is 1. The Labute approximate surface area is 92.0 Å². The number of nitrogens with two attached hydrogens (primary N) is 1. The van der Waals surface area contributed by atoms with Crippen LogP contribution in [0.15, 0.2) is 0 Å². The molecule has 1 rings (SSSR count). The van der Waals surface area contributed by atoms with Gasteiger partial charge in [-0.1, -0.05) is 19.8 Å². The number of aliphatic carboxylic acids is 1. The molecule has 0 aliphatic heterocycles. The minimum atomic E-state index is -5.08. The van der Waals surface area contributed by atoms with Gasteiger partial charge in [0, 0.05) is 6.04 Å². The lowest BCUT2D eigenvalue weighted by molar-refractivity contribution is -0.192. The van der Waals surface area contributed by atoms with E-state index in [9.17, 15) is 13.2 Å². The van der Waals surface area contributed by atoms with Gasteiger partial charge in [-0.15, -0.1) is 0 Å². The molecule has 0 aromatic carbocycles. The number of carbonyl (C=O) groups is 1. The van der Waals surface area contributed by atoms with Crippen molar-refractivity contribution in [2.24, 2.45) is 11.8 Å². The summed E-state index contributed by atoms with van der Waals surface area (Å²) in [6.07, 6.45) is 0.255. The first-order valence-corrected chi connectivity index (χ1v) is 5.05. The van der Waals surface area contributed by atoms with Crippen molar-refractivity contribution in [3.63, 3.8) is 0 Å². The molecule has 0 aromatic heterocycles. The maximum absolute atomic E-state index is 10.6. The molecule has 1 fully saturated rings. The molecule has 1 saturated carbocycles. The zero-order chi connectivity index (χ0) is 12.8. The number of hydrogen-bond acceptors (Lipinski definition) is 3. The number of hydrazine groups is 1. The average Bonchev–Trinajstić information content (AvgIpc) is 2.18. The Hall–Kier alpha value is -0.820. The molecule has 0 radical (unpaired) electrons. The minimum Gasteiger partial charge on any atom is -0.475 e. The summed E-state index contributed by atoms with van der Waals surface area (Å²) in [6.45, 7) is 2.27. The van der Waals surface area contributed by atoms with Gasteiger partial charge >= 0.3 is 12.1 Å². The van der Waals surface area contributed by atoms with Crippen LogP contribution in [0.4, 0.5) is 13.2 Å². The second-order valence-electron chi connectivity index (χ2n) is 3.84. The van der Waals surface area contributed by atoms with Crippen LogP contribution in [0.3, 0.4) is 0 Å². The highest BCUT2D eigenvalue weighted by molar-refractivity contribution is 5.73. The van der Waals surface area contributed by atoms with Gasteiger partial charge in [0.2, 0.25) is 0 Å². The Morgan fingerprint density at radius 2 is 1.81 bits per heavy atom. The van der Waals surface area contributed by atoms with Gasteiger partial charge in [0.05, 0.1) is 0 Å². The predicted octanol–water partition coefficient (Wildman–Crippen LogP) is 1.66. The van der Waals surface area contributed by atoms with Gasteiger partial charge in [-0.05, 0) is 18.8 Å². The summed E-state index contributed by atoms with van der Waals surface area (Å²) in [5.41, 5.74) is 2.85. The van der Waals surface area contributed by atoms with Gasteiger partial charge in [-0.25, -0.2) is 4.79 Å². The first-order valence-electron chi connectivity index (χ1n) is 5.05. The second kappa shape index (κ2) is 6.70. The maximum atomic E-state index is 10.6. The van der Waals surface area contributed by atoms with E-state index in [0.717, 1.165) is 5.92 Å². The van der Waals surface area contributed by atoms with Crippen LogP contribution in [0.25, 0.3) is 0 Å². The van der Waals surface area contributed by atoms with E-state index in [-0.39, 0.29) is 0 Å². The van der Waals surface area contributed by atoms with Crippen LogP contribution in [0.1, 0.15) is 32.6 Å². The number of carboxylic acid groups (broad SMARTS) is 1. The molecule has 4 nitrogen and oxygen atoms in total. The highest BCUT2D eigenvalue weighted by Crippen LogP contribution is 2.22. The van der Waals surface area contributed by atoms with Crippen LogP contribution >= 0.6 is 0 Å². The van der Waals surface area contributed by atoms with Crippen molar-refractivity contribution >= 4 is 5.97 Å². The number of alkyl halides is 3. The van der Waals surface area contributed by atoms with Gasteiger partial charge in [0.1, 0.15) is 0 Å². The molecule has 0 amide bonds. The Kier molecular flexibility index (Phi) is 6.35. The fraction of sp³-hybridized carbons (Fsp3) is 0.889. The monoisotopic (exact) mass is 242 g/mol. The normalized spacial score (nSPS) is 25.6. The highest BCUT2D eigenvalue weighted by atomic mass is 19.4. The number of carboxylic acids is 1. The van der Waals surface area contributed by atoms with Gasteiger partial charge in [0.15, 0.2) is 0 Å². The highest BCUT2D eigenvalue weighted by Gasteiger charge is 2.38. The second-order valence-corrected chi connectivity index (χ2v) is 3.84. The van der Waals surface area contributed by atoms with Crippen LogP contribution in [0.2, 0.25) is 0 Å². The van der Waals surface area contributed by atoms with Gasteiger partial charge in [0.25, 0.3) is 0 Å². The predicted molar refractivity (Wildman–Crippen MR) is 52.4 cm³/mol. The van der Waals surface area contributed by atoms with Gasteiger partial charge < -0.3 is 5.11 Å². The van der Waals surface area contributed by atoms with E-state index in [2.05, 4.69) is 12.3 Å². The Balaban J connectivity index is 0.000000293. The standard InChI is InChI=1S/C7H16N2.C2HF3O2/c1-6-4-2-3-5-7(6)9-8;3-2(4,5)1(6)7/h6-7,9H,2-5,8H2,1H3;(H,6,7). The third-order valence-electron chi connectivity index (χ3n) is 2.57. The van der Waals surface area contributed by atoms with Crippen molar-refractivity contribution in [1.29, 1.82) is 0 Å². The molecule has 4 N–H and O–H groups in total. The molecule has 2 unspecified atom stereocenters. The van der Waals surface area contributed by atoms with Crippen molar-refractivity contribution in [2.45, 2.75) is 44.8 Å². The summed E-state index contributed by atoms with van der Waals surface area (Å²) >= 11 is 0. The molecule has 0 bridgehead atoms. The molecule has 16 heavy (non-hydrogen) atoms. The summed E-state index contributed by atoms with van der Waals surface area (Å²) in [5.74, 6) is 3.37. The van der Waals surface area contributed by atoms with Crippen LogP contribution in [-0.4, -0.2) is 23.3 Å². The summed E-state index contributed by atoms with van der Waals surface area (Å²) in [4.78, 5) is 8.90. The van der Waals surface area contributed by atoms with Crippen molar-refractivity contribution < 1.29 is 23.1 Å². The third kappa shape index (κ3) is 5.92. The van der Waals surface area contributed by atoms with E-state index >= 15 is 0 Å². The van der Waals surface area contributed by atoms with Crippen LogP contribution in [0, 0.1) is 5.92 Å². The average molecular weight is 242 g/mol. The van der Waals surface area contributed by atoms with Crippen molar-refractivity contribution in [1.82, 2.24) is 5.43 Å². The van der Waals surface area contributed by atoms with E-state index in [0.29, 0.717) is 6.04 Å². The third-order valence-corrected chi connectivity index (χ3v) is 2.57. The molecular formula is C9H17F3N2O2. The number of hydrogen-bond donors (Lipinski definition) is 3. The van der Waals surface area contributed by atoms with E-state index in [4.69, 9.17) is 15.7 Å². The molecule has 1 aliphatic rings. The molecule has 0 spiro atoms. The van der Waals surface area contributed by atoms with Crippen molar-refractivity contribution in [3.8, 4) is 0 Å². The molecule has 0 saturated heterocycles. The summed E-state index contributed by atoms with van der Waals surface area (Å²) in [5, 5.41) is 7.12. The lowest BCUT2D eigenvalue weighted by Gasteiger charge is -2.27. The van der Waals surface area contributed by atoms with Crippen LogP contribution in [0.5, 0.6) is 0 Å². The van der Waals surface area contributed by atoms with Crippen molar-refractivity contribution in [3.05, 3.63) is 0 Å². The number of nitrogens with one attached hydrogen (secondary N) is 1. The molecule has 7 heteroatoms. The van der Waals surface area contributed by atoms with E-state index in [1.54, 1.807) is 0 Å². The lowest BCUT2D eigenvalue weighted by Crippen LogP contribution is -2.41. The van der Waals surface area contributed by atoms with E-state index < -0.39 is 12.1 Å². The fourth-order valence-electron chi connectivity index (χ4n) is 1.56. The molecule has 0 heterocycles. The Morgan fingerprint density at radius 3 is 2.06 bits per heavy atom. The minimum absolute atomic E-state index is 0.582. The fourth-order valence-corrected chi connectivity index (χ4v) is 1.56. The van der Waals surface area contributed by atoms with Crippen LogP contribution < -0.4 is 11.3 Å². The largest absolute Gasteiger partial charge is 0.490 e. The molecule has 1 aliphatic carbocycles. The van der Waals surface area contributed by atoms with Gasteiger partial charge in [-0.3, -0.25) is 11.3 Å². The zero-order valence-electron chi connectivity index (χ0n) is 9.05. The summed E-state index contributed by atoms with van der Waals surface area (Å²) in [7, 11) is 0. The first kappa shape index (κ1) is 15.2. The maximum Gasteiger partial charge on any atom is 0.490 e. The SMILES string of the molecule is CC1CCCCC1NN.O=C(O)C(F)(F)F. The Bertz CT molecular complexity index is 221. The topological polar surface area (TPSA) is 75.3 Å². The van der Waals surface area contributed by atoms with E-state index in [1.165, 1.54) is 25.7 Å². The quantitative estimate of drug-likeness (QED) is 0.483. The summed E-state index contributed by atoms with van der Waals surface area (Å²) < 4.78 is 31.7. The summed E-state index contributed by atoms with van der Waals surface area (Å²) in [6, 6.07) is 0.582. The molecule has 0 aromatic rings. The number of halogens is 3.